The molecule has 1 saturated heterocycles. The van der Waals surface area contributed by atoms with Crippen LogP contribution in [0.3, 0.4) is 0 Å². The van der Waals surface area contributed by atoms with Crippen molar-refractivity contribution in [3.8, 4) is 0 Å². The molecule has 1 atom stereocenters. The van der Waals surface area contributed by atoms with Gasteiger partial charge in [-0.15, -0.1) is 0 Å². The molecule has 0 N–H and O–H groups in total. The highest BCUT2D eigenvalue weighted by atomic mass is 16.6. The number of ether oxygens (including phenoxy) is 1. The average Bonchev–Trinajstić information content (AvgIpc) is 3.11. The molecule has 25 heavy (non-hydrogen) atoms. The molecule has 3 heterocycles. The highest BCUT2D eigenvalue weighted by Crippen LogP contribution is 2.26. The molecule has 1 aliphatic rings. The summed E-state index contributed by atoms with van der Waals surface area (Å²) in [5.41, 5.74) is 1.15. The van der Waals surface area contributed by atoms with Crippen LogP contribution in [0.15, 0.2) is 36.9 Å². The monoisotopic (exact) mass is 342 g/mol. The van der Waals surface area contributed by atoms with Crippen LogP contribution in [0.4, 0.5) is 4.79 Å². The third-order valence-corrected chi connectivity index (χ3v) is 4.59. The van der Waals surface area contributed by atoms with E-state index in [1.807, 2.05) is 29.6 Å². The minimum atomic E-state index is -0.191. The van der Waals surface area contributed by atoms with Crippen molar-refractivity contribution in [3.63, 3.8) is 0 Å². The van der Waals surface area contributed by atoms with Crippen molar-refractivity contribution in [1.82, 2.24) is 19.4 Å². The average molecular weight is 342 g/mol. The summed E-state index contributed by atoms with van der Waals surface area (Å²) in [6, 6.07) is 4.01. The molecule has 1 unspecified atom stereocenters. The molecule has 1 aliphatic heterocycles. The number of carbonyl (C=O) groups is 1. The van der Waals surface area contributed by atoms with E-state index >= 15 is 0 Å². The molecule has 1 amide bonds. The summed E-state index contributed by atoms with van der Waals surface area (Å²) in [4.78, 5) is 22.8. The van der Waals surface area contributed by atoms with Gasteiger partial charge in [0.2, 0.25) is 0 Å². The standard InChI is InChI=1S/C19H26N4O2/c1-2-3-12-25-19(24)23-10-5-7-17(15-23)18-21-9-11-22(18)14-16-6-4-8-20-13-16/h4,6,8-9,11,13,17H,2-3,5,7,10,12,14-15H2,1H3. The van der Waals surface area contributed by atoms with E-state index in [1.54, 1.807) is 6.20 Å². The smallest absolute Gasteiger partial charge is 0.409 e. The molecule has 2 aromatic rings. The number of hydrogen-bond acceptors (Lipinski definition) is 4. The first-order valence-corrected chi connectivity index (χ1v) is 9.09. The minimum Gasteiger partial charge on any atom is -0.449 e. The van der Waals surface area contributed by atoms with Crippen LogP contribution < -0.4 is 0 Å². The van der Waals surface area contributed by atoms with Crippen molar-refractivity contribution < 1.29 is 9.53 Å². The molecule has 0 saturated carbocycles. The van der Waals surface area contributed by atoms with E-state index in [0.717, 1.165) is 50.2 Å². The molecular formula is C19H26N4O2. The number of piperidine rings is 1. The van der Waals surface area contributed by atoms with E-state index in [1.165, 1.54) is 0 Å². The van der Waals surface area contributed by atoms with Gasteiger partial charge in [-0.3, -0.25) is 4.98 Å². The van der Waals surface area contributed by atoms with Gasteiger partial charge in [0, 0.05) is 43.8 Å². The Balaban J connectivity index is 1.64. The lowest BCUT2D eigenvalue weighted by molar-refractivity contribution is 0.0896. The number of nitrogens with zero attached hydrogens (tertiary/aromatic N) is 4. The highest BCUT2D eigenvalue weighted by molar-refractivity contribution is 5.67. The Morgan fingerprint density at radius 3 is 3.12 bits per heavy atom. The summed E-state index contributed by atoms with van der Waals surface area (Å²) in [6.07, 6.45) is 11.3. The van der Waals surface area contributed by atoms with Crippen molar-refractivity contribution in [2.24, 2.45) is 0 Å². The van der Waals surface area contributed by atoms with Gasteiger partial charge in [0.1, 0.15) is 5.82 Å². The maximum Gasteiger partial charge on any atom is 0.409 e. The maximum atomic E-state index is 12.2. The second-order valence-corrected chi connectivity index (χ2v) is 6.53. The van der Waals surface area contributed by atoms with Gasteiger partial charge in [-0.2, -0.15) is 0 Å². The Kier molecular flexibility index (Phi) is 6.04. The lowest BCUT2D eigenvalue weighted by atomic mass is 9.97. The number of hydrogen-bond donors (Lipinski definition) is 0. The second-order valence-electron chi connectivity index (χ2n) is 6.53. The third-order valence-electron chi connectivity index (χ3n) is 4.59. The zero-order chi connectivity index (χ0) is 17.5. The number of aromatic nitrogens is 3. The number of imidazole rings is 1. The molecule has 0 spiro atoms. The topological polar surface area (TPSA) is 60.2 Å². The Bertz CT molecular complexity index is 671. The molecule has 3 rings (SSSR count). The zero-order valence-electron chi connectivity index (χ0n) is 14.8. The quantitative estimate of drug-likeness (QED) is 0.755. The third kappa shape index (κ3) is 4.59. The maximum absolute atomic E-state index is 12.2. The van der Waals surface area contributed by atoms with Crippen LogP contribution in [-0.4, -0.2) is 45.2 Å². The molecule has 0 radical (unpaired) electrons. The number of unbranched alkanes of at least 4 members (excludes halogenated alkanes) is 1. The van der Waals surface area contributed by atoms with Crippen LogP contribution in [0.2, 0.25) is 0 Å². The number of amides is 1. The molecule has 6 nitrogen and oxygen atoms in total. The SMILES string of the molecule is CCCCOC(=O)N1CCCC(c2nccn2Cc2cccnc2)C1. The normalized spacial score (nSPS) is 17.5. The zero-order valence-corrected chi connectivity index (χ0v) is 14.8. The van der Waals surface area contributed by atoms with Crippen molar-refractivity contribution in [1.29, 1.82) is 0 Å². The van der Waals surface area contributed by atoms with E-state index in [0.29, 0.717) is 13.2 Å². The number of pyridine rings is 1. The molecule has 6 heteroatoms. The first kappa shape index (κ1) is 17.5. The van der Waals surface area contributed by atoms with Crippen LogP contribution in [0.1, 0.15) is 49.9 Å². The summed E-state index contributed by atoms with van der Waals surface area (Å²) < 4.78 is 7.53. The summed E-state index contributed by atoms with van der Waals surface area (Å²) in [5.74, 6) is 1.29. The fourth-order valence-electron chi connectivity index (χ4n) is 3.25. The van der Waals surface area contributed by atoms with Gasteiger partial charge in [-0.05, 0) is 30.9 Å². The highest BCUT2D eigenvalue weighted by Gasteiger charge is 2.28. The molecule has 0 aromatic carbocycles. The van der Waals surface area contributed by atoms with Gasteiger partial charge >= 0.3 is 6.09 Å². The Labute approximate surface area is 148 Å². The second kappa shape index (κ2) is 8.65. The van der Waals surface area contributed by atoms with Crippen LogP contribution in [0, 0.1) is 0 Å². The Hall–Kier alpha value is -2.37. The summed E-state index contributed by atoms with van der Waals surface area (Å²) >= 11 is 0. The largest absolute Gasteiger partial charge is 0.449 e. The van der Waals surface area contributed by atoms with Gasteiger partial charge in [0.05, 0.1) is 13.2 Å². The van der Waals surface area contributed by atoms with Crippen molar-refractivity contribution in [3.05, 3.63) is 48.3 Å². The minimum absolute atomic E-state index is 0.191. The Morgan fingerprint density at radius 2 is 2.32 bits per heavy atom. The predicted octanol–water partition coefficient (Wildman–Crippen LogP) is 3.44. The molecule has 0 bridgehead atoms. The van der Waals surface area contributed by atoms with Gasteiger partial charge in [0.15, 0.2) is 0 Å². The van der Waals surface area contributed by atoms with E-state index in [4.69, 9.17) is 4.74 Å². The predicted molar refractivity (Wildman–Crippen MR) is 95.4 cm³/mol. The van der Waals surface area contributed by atoms with Crippen LogP contribution in [0.5, 0.6) is 0 Å². The van der Waals surface area contributed by atoms with Gasteiger partial charge in [0.25, 0.3) is 0 Å². The van der Waals surface area contributed by atoms with Gasteiger partial charge in [-0.1, -0.05) is 19.4 Å². The van der Waals surface area contributed by atoms with E-state index in [-0.39, 0.29) is 12.0 Å². The molecule has 0 aliphatic carbocycles. The lowest BCUT2D eigenvalue weighted by Crippen LogP contribution is -2.40. The van der Waals surface area contributed by atoms with Crippen molar-refractivity contribution in [2.75, 3.05) is 19.7 Å². The Morgan fingerprint density at radius 1 is 1.40 bits per heavy atom. The van der Waals surface area contributed by atoms with E-state index in [2.05, 4.69) is 27.5 Å². The van der Waals surface area contributed by atoms with Crippen LogP contribution >= 0.6 is 0 Å². The van der Waals surface area contributed by atoms with Crippen molar-refractivity contribution >= 4 is 6.09 Å². The first-order valence-electron chi connectivity index (χ1n) is 9.09. The lowest BCUT2D eigenvalue weighted by Gasteiger charge is -2.32. The number of carbonyl (C=O) groups excluding carboxylic acids is 1. The fourth-order valence-corrected chi connectivity index (χ4v) is 3.25. The van der Waals surface area contributed by atoms with E-state index < -0.39 is 0 Å². The first-order chi connectivity index (χ1) is 12.3. The van der Waals surface area contributed by atoms with Crippen LogP contribution in [-0.2, 0) is 11.3 Å². The summed E-state index contributed by atoms with van der Waals surface area (Å²) in [7, 11) is 0. The van der Waals surface area contributed by atoms with Gasteiger partial charge < -0.3 is 14.2 Å². The summed E-state index contributed by atoms with van der Waals surface area (Å²) in [6.45, 7) is 4.79. The van der Waals surface area contributed by atoms with Crippen LogP contribution in [0.25, 0.3) is 0 Å². The fraction of sp³-hybridized carbons (Fsp3) is 0.526. The summed E-state index contributed by atoms with van der Waals surface area (Å²) in [5, 5.41) is 0. The molecular weight excluding hydrogens is 316 g/mol. The van der Waals surface area contributed by atoms with Crippen molar-refractivity contribution in [2.45, 2.75) is 45.1 Å². The molecule has 1 fully saturated rings. The van der Waals surface area contributed by atoms with Gasteiger partial charge in [-0.25, -0.2) is 9.78 Å². The molecule has 134 valence electrons. The number of likely N-dealkylation sites (tertiary alicyclic amines) is 1. The number of rotatable bonds is 6. The molecule has 2 aromatic heterocycles. The van der Waals surface area contributed by atoms with E-state index in [9.17, 15) is 4.79 Å².